The predicted octanol–water partition coefficient (Wildman–Crippen LogP) is 2.46. The van der Waals surface area contributed by atoms with Crippen molar-refractivity contribution in [3.8, 4) is 0 Å². The Morgan fingerprint density at radius 3 is 2.71 bits per heavy atom. The number of carbonyl (C=O) groups is 1. The molecule has 0 amide bonds. The number of aromatic carboxylic acids is 1. The smallest absolute Gasteiger partial charge is 0.354 e. The van der Waals surface area contributed by atoms with E-state index in [1.165, 1.54) is 24.5 Å². The molecule has 0 aliphatic heterocycles. The molecular formula is C12H9BrN4O4. The van der Waals surface area contributed by atoms with Gasteiger partial charge < -0.3 is 10.4 Å². The molecule has 0 radical (unpaired) electrons. The van der Waals surface area contributed by atoms with Crippen LogP contribution in [0.1, 0.15) is 16.1 Å². The number of carboxylic acid groups (broad SMARTS) is 1. The lowest BCUT2D eigenvalue weighted by molar-refractivity contribution is -0.384. The highest BCUT2D eigenvalue weighted by Crippen LogP contribution is 2.25. The lowest BCUT2D eigenvalue weighted by Gasteiger charge is -2.06. The third kappa shape index (κ3) is 3.72. The zero-order valence-corrected chi connectivity index (χ0v) is 12.1. The summed E-state index contributed by atoms with van der Waals surface area (Å²) in [4.78, 5) is 28.8. The number of pyridine rings is 2. The Hall–Kier alpha value is -2.55. The SMILES string of the molecule is O=C(O)c1ccc(CNc2ncc(Br)cc2[N+](=O)[O-])cn1. The molecule has 0 fully saturated rings. The minimum atomic E-state index is -1.11. The van der Waals surface area contributed by atoms with Crippen LogP contribution in [0.2, 0.25) is 0 Å². The first-order chi connectivity index (χ1) is 9.97. The molecule has 2 aromatic heterocycles. The Bertz CT molecular complexity index is 690. The maximum Gasteiger partial charge on any atom is 0.354 e. The second kappa shape index (κ2) is 6.27. The first-order valence-corrected chi connectivity index (χ1v) is 6.48. The van der Waals surface area contributed by atoms with E-state index in [4.69, 9.17) is 5.11 Å². The quantitative estimate of drug-likeness (QED) is 0.626. The topological polar surface area (TPSA) is 118 Å². The summed E-state index contributed by atoms with van der Waals surface area (Å²) in [5.74, 6) is -0.981. The van der Waals surface area contributed by atoms with Gasteiger partial charge in [-0.2, -0.15) is 0 Å². The van der Waals surface area contributed by atoms with Gasteiger partial charge in [-0.05, 0) is 27.6 Å². The van der Waals surface area contributed by atoms with Gasteiger partial charge in [-0.1, -0.05) is 6.07 Å². The van der Waals surface area contributed by atoms with Crippen molar-refractivity contribution < 1.29 is 14.8 Å². The summed E-state index contributed by atoms with van der Waals surface area (Å²) >= 11 is 3.12. The molecule has 0 aromatic carbocycles. The van der Waals surface area contributed by atoms with Crippen LogP contribution in [0.25, 0.3) is 0 Å². The van der Waals surface area contributed by atoms with Crippen LogP contribution >= 0.6 is 15.9 Å². The Balaban J connectivity index is 2.13. The molecule has 2 N–H and O–H groups in total. The average Bonchev–Trinajstić information content (AvgIpc) is 2.46. The third-order valence-corrected chi connectivity index (χ3v) is 2.97. The van der Waals surface area contributed by atoms with Crippen LogP contribution in [0.4, 0.5) is 11.5 Å². The molecule has 0 aliphatic carbocycles. The molecule has 9 heteroatoms. The van der Waals surface area contributed by atoms with Crippen LogP contribution in [-0.4, -0.2) is 26.0 Å². The van der Waals surface area contributed by atoms with Gasteiger partial charge in [0.15, 0.2) is 0 Å². The van der Waals surface area contributed by atoms with Crippen LogP contribution in [0, 0.1) is 10.1 Å². The molecule has 0 atom stereocenters. The van der Waals surface area contributed by atoms with E-state index in [0.717, 1.165) is 0 Å². The Morgan fingerprint density at radius 2 is 2.14 bits per heavy atom. The minimum absolute atomic E-state index is 0.0634. The van der Waals surface area contributed by atoms with Gasteiger partial charge in [0.05, 0.1) is 4.92 Å². The van der Waals surface area contributed by atoms with Gasteiger partial charge in [-0.15, -0.1) is 0 Å². The largest absolute Gasteiger partial charge is 0.477 e. The van der Waals surface area contributed by atoms with Crippen molar-refractivity contribution in [3.05, 3.63) is 56.4 Å². The summed E-state index contributed by atoms with van der Waals surface area (Å²) < 4.78 is 0.507. The Labute approximate surface area is 127 Å². The highest BCUT2D eigenvalue weighted by molar-refractivity contribution is 9.10. The molecule has 0 unspecified atom stereocenters. The third-order valence-electron chi connectivity index (χ3n) is 2.53. The van der Waals surface area contributed by atoms with Gasteiger partial charge in [-0.3, -0.25) is 10.1 Å². The number of carboxylic acids is 1. The fraction of sp³-hybridized carbons (Fsp3) is 0.0833. The average molecular weight is 353 g/mol. The minimum Gasteiger partial charge on any atom is -0.477 e. The molecule has 8 nitrogen and oxygen atoms in total. The highest BCUT2D eigenvalue weighted by Gasteiger charge is 2.15. The van der Waals surface area contributed by atoms with Crippen LogP contribution in [0.5, 0.6) is 0 Å². The van der Waals surface area contributed by atoms with Crippen molar-refractivity contribution in [3.63, 3.8) is 0 Å². The normalized spacial score (nSPS) is 10.1. The van der Waals surface area contributed by atoms with E-state index in [1.807, 2.05) is 0 Å². The van der Waals surface area contributed by atoms with Crippen molar-refractivity contribution in [1.29, 1.82) is 0 Å². The molecular weight excluding hydrogens is 344 g/mol. The van der Waals surface area contributed by atoms with E-state index < -0.39 is 10.9 Å². The summed E-state index contributed by atoms with van der Waals surface area (Å²) in [5, 5.41) is 22.5. The van der Waals surface area contributed by atoms with E-state index in [1.54, 1.807) is 6.07 Å². The van der Waals surface area contributed by atoms with E-state index in [0.29, 0.717) is 10.0 Å². The number of hydrogen-bond donors (Lipinski definition) is 2. The second-order valence-corrected chi connectivity index (χ2v) is 4.90. The van der Waals surface area contributed by atoms with Crippen molar-refractivity contribution in [2.45, 2.75) is 6.54 Å². The number of aromatic nitrogens is 2. The summed E-state index contributed by atoms with van der Waals surface area (Å²) in [7, 11) is 0. The number of halogens is 1. The molecule has 0 spiro atoms. The zero-order valence-electron chi connectivity index (χ0n) is 10.5. The molecule has 0 bridgehead atoms. The molecule has 21 heavy (non-hydrogen) atoms. The number of nitrogens with one attached hydrogen (secondary N) is 1. The van der Waals surface area contributed by atoms with Crippen molar-refractivity contribution in [2.75, 3.05) is 5.32 Å². The highest BCUT2D eigenvalue weighted by atomic mass is 79.9. The predicted molar refractivity (Wildman–Crippen MR) is 77.1 cm³/mol. The van der Waals surface area contributed by atoms with Crippen LogP contribution in [-0.2, 0) is 6.54 Å². The van der Waals surface area contributed by atoms with Gasteiger partial charge in [0.25, 0.3) is 0 Å². The van der Waals surface area contributed by atoms with Gasteiger partial charge in [0, 0.05) is 29.5 Å². The molecule has 2 heterocycles. The molecule has 2 aromatic rings. The summed E-state index contributed by atoms with van der Waals surface area (Å²) in [6.07, 6.45) is 2.84. The molecule has 0 saturated heterocycles. The fourth-order valence-electron chi connectivity index (χ4n) is 1.55. The van der Waals surface area contributed by atoms with Gasteiger partial charge in [-0.25, -0.2) is 14.8 Å². The zero-order chi connectivity index (χ0) is 15.4. The Morgan fingerprint density at radius 1 is 1.38 bits per heavy atom. The van der Waals surface area contributed by atoms with Gasteiger partial charge >= 0.3 is 11.7 Å². The van der Waals surface area contributed by atoms with Crippen molar-refractivity contribution in [2.24, 2.45) is 0 Å². The molecule has 108 valence electrons. The van der Waals surface area contributed by atoms with Crippen LogP contribution < -0.4 is 5.32 Å². The van der Waals surface area contributed by atoms with E-state index in [9.17, 15) is 14.9 Å². The van der Waals surface area contributed by atoms with Gasteiger partial charge in [0.1, 0.15) is 5.69 Å². The molecule has 2 rings (SSSR count). The fourth-order valence-corrected chi connectivity index (χ4v) is 1.86. The van der Waals surface area contributed by atoms with E-state index in [-0.39, 0.29) is 23.7 Å². The monoisotopic (exact) mass is 352 g/mol. The summed E-state index contributed by atoms with van der Waals surface area (Å²) in [5.41, 5.74) is 0.463. The second-order valence-electron chi connectivity index (χ2n) is 3.99. The first kappa shape index (κ1) is 14.9. The lowest BCUT2D eigenvalue weighted by Crippen LogP contribution is -2.06. The van der Waals surface area contributed by atoms with Gasteiger partial charge in [0.2, 0.25) is 5.82 Å². The van der Waals surface area contributed by atoms with Crippen LogP contribution in [0.3, 0.4) is 0 Å². The van der Waals surface area contributed by atoms with E-state index >= 15 is 0 Å². The maximum atomic E-state index is 10.9. The molecule has 0 aliphatic rings. The van der Waals surface area contributed by atoms with E-state index in [2.05, 4.69) is 31.2 Å². The van der Waals surface area contributed by atoms with Crippen molar-refractivity contribution in [1.82, 2.24) is 9.97 Å². The van der Waals surface area contributed by atoms with Crippen molar-refractivity contribution >= 4 is 33.4 Å². The summed E-state index contributed by atoms with van der Waals surface area (Å²) in [6.45, 7) is 0.238. The van der Waals surface area contributed by atoms with Crippen LogP contribution in [0.15, 0.2) is 35.1 Å². The summed E-state index contributed by atoms with van der Waals surface area (Å²) in [6, 6.07) is 4.29. The number of nitrogens with zero attached hydrogens (tertiary/aromatic N) is 3. The number of rotatable bonds is 5. The molecule has 0 saturated carbocycles. The Kier molecular flexibility index (Phi) is 4.43. The lowest BCUT2D eigenvalue weighted by atomic mass is 10.2. The first-order valence-electron chi connectivity index (χ1n) is 5.69. The number of hydrogen-bond acceptors (Lipinski definition) is 6. The number of anilines is 1. The maximum absolute atomic E-state index is 10.9. The number of nitro groups is 1. The standard InChI is InChI=1S/C12H9BrN4O4/c13-8-3-10(17(20)21)11(16-6-8)15-5-7-1-2-9(12(18)19)14-4-7/h1-4,6H,5H2,(H,15,16)(H,18,19).